The number of anilines is 1. The predicted molar refractivity (Wildman–Crippen MR) is 124 cm³/mol. The van der Waals surface area contributed by atoms with Crippen molar-refractivity contribution in [3.63, 3.8) is 0 Å². The highest BCUT2D eigenvalue weighted by molar-refractivity contribution is 8.26. The Morgan fingerprint density at radius 3 is 2.47 bits per heavy atom. The second-order valence-corrected chi connectivity index (χ2v) is 11.6. The first-order valence-electron chi connectivity index (χ1n) is 10.6. The van der Waals surface area contributed by atoms with E-state index in [2.05, 4.69) is 20.0 Å². The molecule has 1 spiro atoms. The van der Waals surface area contributed by atoms with E-state index < -0.39 is 63.7 Å². The Balaban J connectivity index is 1.62. The zero-order valence-corrected chi connectivity index (χ0v) is 19.9. The summed E-state index contributed by atoms with van der Waals surface area (Å²) in [6.07, 6.45) is -0.769. The van der Waals surface area contributed by atoms with Crippen molar-refractivity contribution < 1.29 is 40.6 Å². The van der Waals surface area contributed by atoms with E-state index in [9.17, 15) is 35.9 Å². The molecule has 0 saturated heterocycles. The van der Waals surface area contributed by atoms with Crippen LogP contribution in [0.15, 0.2) is 35.5 Å². The molecule has 5 N–H and O–H groups in total. The van der Waals surface area contributed by atoms with Crippen LogP contribution in [0.4, 0.5) is 27.6 Å². The van der Waals surface area contributed by atoms with Gasteiger partial charge in [-0.05, 0) is 43.7 Å². The molecule has 1 fully saturated rings. The number of hydrogen-bond donors (Lipinski definition) is 4. The van der Waals surface area contributed by atoms with E-state index in [-0.39, 0.29) is 34.1 Å². The van der Waals surface area contributed by atoms with Crippen molar-refractivity contribution >= 4 is 28.0 Å². The summed E-state index contributed by atoms with van der Waals surface area (Å²) in [5.74, 6) is -5.79. The molecule has 0 bridgehead atoms. The third kappa shape index (κ3) is 4.48. The Labute approximate surface area is 204 Å². The smallest absolute Gasteiger partial charge is 0.387 e. The zero-order valence-electron chi connectivity index (χ0n) is 19.1. The molecule has 1 aliphatic carbocycles. The minimum atomic E-state index is -3.74. The highest BCUT2D eigenvalue weighted by atomic mass is 32.3. The third-order valence-corrected chi connectivity index (χ3v) is 9.04. The number of aliphatic imine (C=N–C) groups is 1. The van der Waals surface area contributed by atoms with E-state index in [1.165, 1.54) is 32.0 Å². The summed E-state index contributed by atoms with van der Waals surface area (Å²) in [5, 5.41) is 2.51. The molecule has 0 radical (unpaired) electrons. The number of benzene rings is 1. The normalized spacial score (nSPS) is 24.6. The van der Waals surface area contributed by atoms with Crippen LogP contribution < -0.4 is 15.8 Å². The Morgan fingerprint density at radius 1 is 1.25 bits per heavy atom. The molecular weight excluding hydrogens is 511 g/mol. The first-order valence-corrected chi connectivity index (χ1v) is 12.3. The third-order valence-electron chi connectivity index (χ3n) is 6.33. The van der Waals surface area contributed by atoms with Crippen LogP contribution in [0.1, 0.15) is 41.4 Å². The molecule has 2 aliphatic rings. The number of halogens is 5. The monoisotopic (exact) mass is 534 g/mol. The maximum Gasteiger partial charge on any atom is 0.387 e. The molecule has 1 amide bonds. The summed E-state index contributed by atoms with van der Waals surface area (Å²) >= 11 is 0. The van der Waals surface area contributed by atoms with E-state index in [0.29, 0.717) is 0 Å². The number of nitrogens with one attached hydrogen (secondary N) is 1. The predicted octanol–water partition coefficient (Wildman–Crippen LogP) is 4.89. The molecule has 1 aliphatic heterocycles. The van der Waals surface area contributed by atoms with Gasteiger partial charge < -0.3 is 15.8 Å². The van der Waals surface area contributed by atoms with Crippen LogP contribution >= 0.6 is 10.6 Å². The molecule has 1 aromatic heterocycles. The van der Waals surface area contributed by atoms with Gasteiger partial charge in [-0.15, -0.1) is 0 Å². The SMILES string of the molecule is Cc1cc(OC(F)F)cnc1C(=O)Nc1ccc(F)c(C2(C)CS(O)(O)C3(CC(F)(F)C3)C(N)=N2)c1. The maximum absolute atomic E-state index is 14.9. The Hall–Kier alpha value is -2.97. The second kappa shape index (κ2) is 8.56. The summed E-state index contributed by atoms with van der Waals surface area (Å²) in [6.45, 7) is -0.216. The van der Waals surface area contributed by atoms with Crippen LogP contribution in [0.3, 0.4) is 0 Å². The summed E-state index contributed by atoms with van der Waals surface area (Å²) in [4.78, 5) is 20.8. The number of carbonyl (C=O) groups excluding carboxylic acids is 1. The fraction of sp³-hybridized carbons (Fsp3) is 0.409. The number of amidine groups is 1. The number of aryl methyl sites for hydroxylation is 1. The molecule has 196 valence electrons. The van der Waals surface area contributed by atoms with E-state index in [1.54, 1.807) is 0 Å². The Bertz CT molecular complexity index is 1250. The molecule has 1 unspecified atom stereocenters. The Morgan fingerprint density at radius 2 is 1.92 bits per heavy atom. The largest absolute Gasteiger partial charge is 0.433 e. The molecule has 1 saturated carbocycles. The van der Waals surface area contributed by atoms with Gasteiger partial charge in [-0.3, -0.25) is 18.9 Å². The van der Waals surface area contributed by atoms with Gasteiger partial charge >= 0.3 is 6.61 Å². The van der Waals surface area contributed by atoms with Gasteiger partial charge in [0.1, 0.15) is 33.4 Å². The van der Waals surface area contributed by atoms with E-state index >= 15 is 0 Å². The van der Waals surface area contributed by atoms with E-state index in [0.717, 1.165) is 12.3 Å². The summed E-state index contributed by atoms with van der Waals surface area (Å²) in [6, 6.07) is 4.69. The standard InChI is InChI=1S/C22H23F5N4O4S/c1-11-5-13(35-19(24)25)7-29-16(11)17(32)30-12-3-4-15(23)14(6-12)20(2)10-36(33,34)21(18(28)31-20)8-22(26,27)9-21/h3-7,19,33-34H,8-10H2,1-2H3,(H2,28,31)(H,30,32). The average molecular weight is 535 g/mol. The number of nitrogens with zero attached hydrogens (tertiary/aromatic N) is 2. The van der Waals surface area contributed by atoms with Crippen LogP contribution in [0.2, 0.25) is 0 Å². The minimum Gasteiger partial charge on any atom is -0.433 e. The van der Waals surface area contributed by atoms with E-state index in [4.69, 9.17) is 5.73 Å². The lowest BCUT2D eigenvalue weighted by Crippen LogP contribution is -2.65. The highest BCUT2D eigenvalue weighted by Crippen LogP contribution is 2.70. The van der Waals surface area contributed by atoms with Crippen molar-refractivity contribution in [1.29, 1.82) is 0 Å². The van der Waals surface area contributed by atoms with Gasteiger partial charge in [0, 0.05) is 24.1 Å². The van der Waals surface area contributed by atoms with Crippen LogP contribution in [0.25, 0.3) is 0 Å². The lowest BCUT2D eigenvalue weighted by molar-refractivity contribution is -0.0848. The molecular formula is C22H23F5N4O4S. The lowest BCUT2D eigenvalue weighted by Gasteiger charge is -2.61. The molecule has 1 aromatic carbocycles. The van der Waals surface area contributed by atoms with Crippen molar-refractivity contribution in [2.24, 2.45) is 10.7 Å². The van der Waals surface area contributed by atoms with Crippen LogP contribution in [0.5, 0.6) is 5.75 Å². The molecule has 14 heteroatoms. The molecule has 8 nitrogen and oxygen atoms in total. The fourth-order valence-corrected chi connectivity index (χ4v) is 7.14. The number of rotatable bonds is 5. The van der Waals surface area contributed by atoms with Gasteiger partial charge in [0.2, 0.25) is 0 Å². The summed E-state index contributed by atoms with van der Waals surface area (Å²) < 4.78 is 91.0. The number of hydrogen-bond acceptors (Lipinski definition) is 7. The maximum atomic E-state index is 14.9. The van der Waals surface area contributed by atoms with Gasteiger partial charge in [-0.2, -0.15) is 19.4 Å². The van der Waals surface area contributed by atoms with Gasteiger partial charge in [0.25, 0.3) is 11.8 Å². The number of alkyl halides is 4. The second-order valence-electron chi connectivity index (χ2n) is 9.15. The Kier molecular flexibility index (Phi) is 6.21. The number of amides is 1. The van der Waals surface area contributed by atoms with Crippen LogP contribution in [-0.2, 0) is 5.54 Å². The number of carbonyl (C=O) groups is 1. The molecule has 4 rings (SSSR count). The van der Waals surface area contributed by atoms with Crippen LogP contribution in [0, 0.1) is 12.7 Å². The summed E-state index contributed by atoms with van der Waals surface area (Å²) in [5.41, 5.74) is 4.41. The van der Waals surface area contributed by atoms with Gasteiger partial charge in [0.05, 0.1) is 11.9 Å². The highest BCUT2D eigenvalue weighted by Gasteiger charge is 2.68. The van der Waals surface area contributed by atoms with Crippen molar-refractivity contribution in [3.8, 4) is 5.75 Å². The fourth-order valence-electron chi connectivity index (χ4n) is 4.59. The van der Waals surface area contributed by atoms with E-state index in [1.807, 2.05) is 0 Å². The van der Waals surface area contributed by atoms with Crippen molar-refractivity contribution in [2.75, 3.05) is 11.1 Å². The molecule has 1 atom stereocenters. The van der Waals surface area contributed by atoms with Crippen molar-refractivity contribution in [3.05, 3.63) is 53.1 Å². The summed E-state index contributed by atoms with van der Waals surface area (Å²) in [7, 11) is -3.74. The first kappa shape index (κ1) is 26.1. The van der Waals surface area contributed by atoms with Gasteiger partial charge in [-0.1, -0.05) is 0 Å². The zero-order chi connectivity index (χ0) is 26.7. The molecule has 2 heterocycles. The lowest BCUT2D eigenvalue weighted by atomic mass is 9.78. The topological polar surface area (TPSA) is 130 Å². The minimum absolute atomic E-state index is 0.0902. The van der Waals surface area contributed by atoms with Crippen molar-refractivity contribution in [2.45, 2.75) is 49.5 Å². The number of pyridine rings is 1. The number of nitrogens with two attached hydrogens (primary N) is 1. The molecule has 36 heavy (non-hydrogen) atoms. The number of ether oxygens (including phenoxy) is 1. The number of aromatic nitrogens is 1. The average Bonchev–Trinajstić information content (AvgIpc) is 2.71. The first-order chi connectivity index (χ1) is 16.6. The van der Waals surface area contributed by atoms with Gasteiger partial charge in [0.15, 0.2) is 0 Å². The van der Waals surface area contributed by atoms with Crippen LogP contribution in [-0.4, -0.2) is 48.9 Å². The molecule has 2 aromatic rings. The van der Waals surface area contributed by atoms with Crippen molar-refractivity contribution in [1.82, 2.24) is 4.98 Å². The van der Waals surface area contributed by atoms with Gasteiger partial charge in [-0.25, -0.2) is 18.2 Å². The quantitative estimate of drug-likeness (QED) is 0.405.